The molecule has 0 aliphatic rings. The summed E-state index contributed by atoms with van der Waals surface area (Å²) in [4.78, 5) is 6.80. The highest BCUT2D eigenvalue weighted by molar-refractivity contribution is 5.41. The molecule has 2 aromatic heterocycles. The summed E-state index contributed by atoms with van der Waals surface area (Å²) in [6.07, 6.45) is -1.61. The predicted molar refractivity (Wildman–Crippen MR) is 57.5 cm³/mol. The van der Waals surface area contributed by atoms with E-state index < -0.39 is 17.8 Å². The zero-order valence-electron chi connectivity index (χ0n) is 9.03. The van der Waals surface area contributed by atoms with Crippen LogP contribution in [0.4, 0.5) is 24.9 Å². The summed E-state index contributed by atoms with van der Waals surface area (Å²) < 4.78 is 42.2. The van der Waals surface area contributed by atoms with Crippen LogP contribution in [-0.4, -0.2) is 9.97 Å². The minimum absolute atomic E-state index is 0.0102. The SMILES string of the molecule is Nc1nc(NCc2ccoc2)cc(C(F)(F)F)n1. The summed E-state index contributed by atoms with van der Waals surface area (Å²) >= 11 is 0. The number of hydrogen-bond donors (Lipinski definition) is 2. The first-order valence-corrected chi connectivity index (χ1v) is 4.92. The summed E-state index contributed by atoms with van der Waals surface area (Å²) in [5.41, 5.74) is 4.92. The van der Waals surface area contributed by atoms with Crippen LogP contribution in [0.5, 0.6) is 0 Å². The number of hydrogen-bond acceptors (Lipinski definition) is 5. The lowest BCUT2D eigenvalue weighted by molar-refractivity contribution is -0.141. The number of nitrogen functional groups attached to an aromatic ring is 1. The minimum atomic E-state index is -4.55. The average Bonchev–Trinajstić information content (AvgIpc) is 2.77. The van der Waals surface area contributed by atoms with Gasteiger partial charge in [0.25, 0.3) is 0 Å². The van der Waals surface area contributed by atoms with E-state index in [0.717, 1.165) is 11.6 Å². The number of rotatable bonds is 3. The maximum absolute atomic E-state index is 12.5. The first-order valence-electron chi connectivity index (χ1n) is 4.92. The monoisotopic (exact) mass is 258 g/mol. The number of nitrogens with one attached hydrogen (secondary N) is 1. The molecule has 0 amide bonds. The van der Waals surface area contributed by atoms with Gasteiger partial charge in [-0.15, -0.1) is 0 Å². The Morgan fingerprint density at radius 3 is 2.72 bits per heavy atom. The van der Waals surface area contributed by atoms with Gasteiger partial charge in [0.2, 0.25) is 5.95 Å². The molecule has 0 saturated heterocycles. The highest BCUT2D eigenvalue weighted by atomic mass is 19.4. The van der Waals surface area contributed by atoms with Gasteiger partial charge in [-0.05, 0) is 6.07 Å². The van der Waals surface area contributed by atoms with Gasteiger partial charge in [-0.2, -0.15) is 18.2 Å². The van der Waals surface area contributed by atoms with Gasteiger partial charge in [-0.3, -0.25) is 0 Å². The van der Waals surface area contributed by atoms with Crippen LogP contribution < -0.4 is 11.1 Å². The van der Waals surface area contributed by atoms with Gasteiger partial charge in [-0.25, -0.2) is 4.98 Å². The van der Waals surface area contributed by atoms with Gasteiger partial charge in [0.1, 0.15) is 5.82 Å². The molecule has 0 spiro atoms. The van der Waals surface area contributed by atoms with Crippen molar-refractivity contribution in [3.05, 3.63) is 35.9 Å². The van der Waals surface area contributed by atoms with Crippen LogP contribution in [0.1, 0.15) is 11.3 Å². The molecular weight excluding hydrogens is 249 g/mol. The van der Waals surface area contributed by atoms with E-state index in [2.05, 4.69) is 15.3 Å². The summed E-state index contributed by atoms with van der Waals surface area (Å²) in [5.74, 6) is -0.421. The Balaban J connectivity index is 2.15. The molecule has 96 valence electrons. The summed E-state index contributed by atoms with van der Waals surface area (Å²) in [6, 6.07) is 2.48. The normalized spacial score (nSPS) is 11.5. The molecule has 0 unspecified atom stereocenters. The molecule has 0 fully saturated rings. The van der Waals surface area contributed by atoms with Crippen LogP contribution in [0.3, 0.4) is 0 Å². The van der Waals surface area contributed by atoms with Gasteiger partial charge >= 0.3 is 6.18 Å². The molecule has 18 heavy (non-hydrogen) atoms. The van der Waals surface area contributed by atoms with Crippen LogP contribution in [0.25, 0.3) is 0 Å². The average molecular weight is 258 g/mol. The summed E-state index contributed by atoms with van der Waals surface area (Å²) in [7, 11) is 0. The molecule has 0 aliphatic heterocycles. The standard InChI is InChI=1S/C10H9F3N4O/c11-10(12,13)7-3-8(17-9(14)16-7)15-4-6-1-2-18-5-6/h1-3,5H,4H2,(H3,14,15,16,17). The zero-order valence-corrected chi connectivity index (χ0v) is 9.03. The Kier molecular flexibility index (Phi) is 3.09. The van der Waals surface area contributed by atoms with Gasteiger partial charge < -0.3 is 15.5 Å². The topological polar surface area (TPSA) is 77.0 Å². The third kappa shape index (κ3) is 2.90. The number of nitrogens with zero attached hydrogens (tertiary/aromatic N) is 2. The van der Waals surface area contributed by atoms with Crippen molar-refractivity contribution < 1.29 is 17.6 Å². The van der Waals surface area contributed by atoms with Gasteiger partial charge in [0.05, 0.1) is 12.5 Å². The van der Waals surface area contributed by atoms with Crippen LogP contribution in [0.15, 0.2) is 29.1 Å². The Morgan fingerprint density at radius 1 is 1.33 bits per heavy atom. The van der Waals surface area contributed by atoms with E-state index in [0.29, 0.717) is 0 Å². The maximum Gasteiger partial charge on any atom is 0.433 e. The third-order valence-corrected chi connectivity index (χ3v) is 2.09. The molecule has 2 heterocycles. The lowest BCUT2D eigenvalue weighted by Gasteiger charge is -2.09. The fourth-order valence-corrected chi connectivity index (χ4v) is 1.29. The Morgan fingerprint density at radius 2 is 2.11 bits per heavy atom. The number of nitrogens with two attached hydrogens (primary N) is 1. The third-order valence-electron chi connectivity index (χ3n) is 2.09. The highest BCUT2D eigenvalue weighted by Gasteiger charge is 2.33. The predicted octanol–water partition coefficient (Wildman–Crippen LogP) is 2.28. The Labute approximate surface area is 99.8 Å². The van der Waals surface area contributed by atoms with Crippen LogP contribution in [0, 0.1) is 0 Å². The largest absolute Gasteiger partial charge is 0.472 e. The van der Waals surface area contributed by atoms with Gasteiger partial charge in [-0.1, -0.05) is 0 Å². The van der Waals surface area contributed by atoms with Crippen molar-refractivity contribution in [1.29, 1.82) is 0 Å². The first kappa shape index (κ1) is 12.2. The molecule has 0 atom stereocenters. The van der Waals surface area contributed by atoms with Gasteiger partial charge in [0, 0.05) is 18.2 Å². The number of furan rings is 1. The molecule has 2 rings (SSSR count). The lowest BCUT2D eigenvalue weighted by Crippen LogP contribution is -2.12. The van der Waals surface area contributed by atoms with E-state index in [1.54, 1.807) is 6.07 Å². The highest BCUT2D eigenvalue weighted by Crippen LogP contribution is 2.29. The Hall–Kier alpha value is -2.25. The summed E-state index contributed by atoms with van der Waals surface area (Å²) in [5, 5.41) is 2.71. The van der Waals surface area contributed by atoms with E-state index in [9.17, 15) is 13.2 Å². The molecule has 0 aliphatic carbocycles. The quantitative estimate of drug-likeness (QED) is 0.883. The molecule has 0 radical (unpaired) electrons. The van der Waals surface area contributed by atoms with E-state index in [-0.39, 0.29) is 12.4 Å². The fraction of sp³-hybridized carbons (Fsp3) is 0.200. The van der Waals surface area contributed by atoms with Crippen LogP contribution >= 0.6 is 0 Å². The lowest BCUT2D eigenvalue weighted by atomic mass is 10.3. The number of alkyl halides is 3. The second kappa shape index (κ2) is 4.55. The van der Waals surface area contributed by atoms with E-state index in [1.807, 2.05) is 0 Å². The van der Waals surface area contributed by atoms with Gasteiger partial charge in [0.15, 0.2) is 5.69 Å². The van der Waals surface area contributed by atoms with E-state index >= 15 is 0 Å². The Bertz CT molecular complexity index is 524. The molecule has 0 bridgehead atoms. The fourth-order valence-electron chi connectivity index (χ4n) is 1.29. The second-order valence-corrected chi connectivity index (χ2v) is 3.48. The van der Waals surface area contributed by atoms with Crippen LogP contribution in [0.2, 0.25) is 0 Å². The molecule has 0 saturated carbocycles. The van der Waals surface area contributed by atoms with Crippen molar-refractivity contribution in [2.24, 2.45) is 0 Å². The molecule has 3 N–H and O–H groups in total. The van der Waals surface area contributed by atoms with Crippen LogP contribution in [-0.2, 0) is 12.7 Å². The van der Waals surface area contributed by atoms with Crippen molar-refractivity contribution in [1.82, 2.24) is 9.97 Å². The van der Waals surface area contributed by atoms with Crippen molar-refractivity contribution in [2.45, 2.75) is 12.7 Å². The molecule has 8 heteroatoms. The second-order valence-electron chi connectivity index (χ2n) is 3.48. The minimum Gasteiger partial charge on any atom is -0.472 e. The number of halogens is 3. The molecule has 2 aromatic rings. The first-order chi connectivity index (χ1) is 8.45. The van der Waals surface area contributed by atoms with E-state index in [4.69, 9.17) is 10.2 Å². The van der Waals surface area contributed by atoms with Crippen molar-refractivity contribution in [3.8, 4) is 0 Å². The number of anilines is 2. The smallest absolute Gasteiger partial charge is 0.433 e. The molecule has 0 aromatic carbocycles. The maximum atomic E-state index is 12.5. The van der Waals surface area contributed by atoms with Crippen molar-refractivity contribution in [2.75, 3.05) is 11.1 Å². The zero-order chi connectivity index (χ0) is 13.2. The summed E-state index contributed by atoms with van der Waals surface area (Å²) in [6.45, 7) is 0.282. The molecule has 5 nitrogen and oxygen atoms in total. The number of aromatic nitrogens is 2. The van der Waals surface area contributed by atoms with E-state index in [1.165, 1.54) is 12.5 Å². The van der Waals surface area contributed by atoms with Crippen molar-refractivity contribution >= 4 is 11.8 Å². The van der Waals surface area contributed by atoms with Crippen molar-refractivity contribution in [3.63, 3.8) is 0 Å². The molecular formula is C10H9F3N4O.